The number of aromatic nitrogens is 3. The quantitative estimate of drug-likeness (QED) is 0.588. The minimum Gasteiger partial charge on any atom is -0.290 e. The van der Waals surface area contributed by atoms with Gasteiger partial charge in [-0.3, -0.25) is 4.79 Å². The number of H-pyrrole nitrogens is 1. The summed E-state index contributed by atoms with van der Waals surface area (Å²) in [6.07, 6.45) is 0. The van der Waals surface area contributed by atoms with E-state index in [1.54, 1.807) is 4.68 Å². The zero-order valence-corrected chi connectivity index (χ0v) is 12.2. The van der Waals surface area contributed by atoms with Gasteiger partial charge in [-0.05, 0) is 17.7 Å². The van der Waals surface area contributed by atoms with Crippen molar-refractivity contribution in [2.24, 2.45) is 0 Å². The smallest absolute Gasteiger partial charge is 0.290 e. The number of carbonyl (C=O) groups excluding carboxylic acids is 1. The number of carbonyl (C=O) groups is 1. The van der Waals surface area contributed by atoms with Crippen LogP contribution >= 0.6 is 0 Å². The van der Waals surface area contributed by atoms with Gasteiger partial charge in [-0.15, -0.1) is 4.68 Å². The third-order valence-electron chi connectivity index (χ3n) is 3.43. The fourth-order valence-electron chi connectivity index (χ4n) is 2.41. The molecule has 5 nitrogen and oxygen atoms in total. The highest BCUT2D eigenvalue weighted by atomic mass is 16.2. The molecule has 5 heteroatoms. The molecule has 3 aromatic rings. The molecule has 0 atom stereocenters. The lowest BCUT2D eigenvalue weighted by Gasteiger charge is -1.98. The van der Waals surface area contributed by atoms with E-state index in [0.29, 0.717) is 12.2 Å². The van der Waals surface area contributed by atoms with E-state index in [4.69, 9.17) is 0 Å². The van der Waals surface area contributed by atoms with E-state index >= 15 is 0 Å². The first kappa shape index (κ1) is 14.0. The van der Waals surface area contributed by atoms with Crippen molar-refractivity contribution in [2.45, 2.75) is 13.5 Å². The van der Waals surface area contributed by atoms with Gasteiger partial charge < -0.3 is 0 Å². The summed E-state index contributed by atoms with van der Waals surface area (Å²) in [6, 6.07) is 18.9. The second kappa shape index (κ2) is 5.81. The molecule has 1 aromatic heterocycles. The predicted octanol–water partition coefficient (Wildman–Crippen LogP) is 1.70. The van der Waals surface area contributed by atoms with Crippen molar-refractivity contribution in [2.75, 3.05) is 0 Å². The predicted molar refractivity (Wildman–Crippen MR) is 82.1 cm³/mol. The van der Waals surface area contributed by atoms with Crippen molar-refractivity contribution in [1.29, 1.82) is 0 Å². The maximum absolute atomic E-state index is 12.5. The Morgan fingerprint density at radius 2 is 1.64 bits per heavy atom. The first-order valence-corrected chi connectivity index (χ1v) is 7.02. The number of Topliss-reactive ketones (excluding diaryl/α,β-unsaturated/α-hetero) is 1. The normalized spacial score (nSPS) is 10.6. The van der Waals surface area contributed by atoms with Crippen molar-refractivity contribution in [3.63, 3.8) is 0 Å². The maximum Gasteiger partial charge on any atom is 0.409 e. The minimum absolute atomic E-state index is 0.146. The highest BCUT2D eigenvalue weighted by molar-refractivity contribution is 5.90. The van der Waals surface area contributed by atoms with Crippen LogP contribution in [0.1, 0.15) is 23.0 Å². The van der Waals surface area contributed by atoms with Gasteiger partial charge in [-0.2, -0.15) is 0 Å². The summed E-state index contributed by atoms with van der Waals surface area (Å²) in [4.78, 5) is 24.4. The summed E-state index contributed by atoms with van der Waals surface area (Å²) >= 11 is 0. The standard InChI is InChI=1S/C17H15N3O2/c1-13(21)16-17(22)20(15-10-6-3-7-11-15)18-19(16)12-14-8-4-2-5-9-14/h2-11H,12H2,1H3/p+1. The number of benzene rings is 2. The Bertz CT molecular complexity index is 849. The number of nitrogens with zero attached hydrogens (tertiary/aromatic N) is 2. The van der Waals surface area contributed by atoms with Crippen LogP contribution in [0.3, 0.4) is 0 Å². The van der Waals surface area contributed by atoms with E-state index in [1.165, 1.54) is 11.6 Å². The molecule has 0 bridgehead atoms. The number of aromatic amines is 1. The first-order valence-electron chi connectivity index (χ1n) is 7.02. The molecule has 3 rings (SSSR count). The Kier molecular flexibility index (Phi) is 3.70. The van der Waals surface area contributed by atoms with Crippen molar-refractivity contribution >= 4 is 5.78 Å². The molecule has 0 saturated carbocycles. The zero-order chi connectivity index (χ0) is 15.5. The van der Waals surface area contributed by atoms with Crippen LogP contribution in [0.5, 0.6) is 0 Å². The van der Waals surface area contributed by atoms with Crippen LogP contribution in [0.2, 0.25) is 0 Å². The van der Waals surface area contributed by atoms with Gasteiger partial charge in [0.25, 0.3) is 5.69 Å². The van der Waals surface area contributed by atoms with Gasteiger partial charge in [0.15, 0.2) is 5.69 Å². The third-order valence-corrected chi connectivity index (χ3v) is 3.43. The van der Waals surface area contributed by atoms with E-state index < -0.39 is 0 Å². The van der Waals surface area contributed by atoms with Gasteiger partial charge in [0.1, 0.15) is 6.54 Å². The topological polar surface area (TPSA) is 58.7 Å². The van der Waals surface area contributed by atoms with Crippen molar-refractivity contribution in [1.82, 2.24) is 9.90 Å². The van der Waals surface area contributed by atoms with Gasteiger partial charge in [0.05, 0.1) is 0 Å². The Morgan fingerprint density at radius 3 is 2.23 bits per heavy atom. The molecule has 0 amide bonds. The number of nitrogens with one attached hydrogen (secondary N) is 1. The molecule has 0 spiro atoms. The van der Waals surface area contributed by atoms with Gasteiger partial charge in [0, 0.05) is 6.92 Å². The maximum atomic E-state index is 12.5. The van der Waals surface area contributed by atoms with E-state index in [2.05, 4.69) is 5.21 Å². The second-order valence-corrected chi connectivity index (χ2v) is 5.05. The van der Waals surface area contributed by atoms with Gasteiger partial charge in [-0.1, -0.05) is 58.4 Å². The fraction of sp³-hybridized carbons (Fsp3) is 0.118. The number of para-hydroxylation sites is 1. The van der Waals surface area contributed by atoms with Crippen molar-refractivity contribution in [3.8, 4) is 5.69 Å². The average Bonchev–Trinajstić information content (AvgIpc) is 2.85. The van der Waals surface area contributed by atoms with Gasteiger partial charge in [0.2, 0.25) is 5.78 Å². The van der Waals surface area contributed by atoms with Crippen LogP contribution < -0.4 is 10.2 Å². The number of hydrogen-bond donors (Lipinski definition) is 1. The summed E-state index contributed by atoms with van der Waals surface area (Å²) in [5.41, 5.74) is 1.51. The largest absolute Gasteiger partial charge is 0.409 e. The molecule has 0 fully saturated rings. The van der Waals surface area contributed by atoms with E-state index in [9.17, 15) is 9.59 Å². The summed E-state index contributed by atoms with van der Waals surface area (Å²) in [7, 11) is 0. The summed E-state index contributed by atoms with van der Waals surface area (Å²) in [5.74, 6) is -0.258. The van der Waals surface area contributed by atoms with Crippen LogP contribution in [0.25, 0.3) is 5.69 Å². The van der Waals surface area contributed by atoms with E-state index in [1.807, 2.05) is 60.7 Å². The molecule has 0 aliphatic heterocycles. The molecule has 22 heavy (non-hydrogen) atoms. The summed E-state index contributed by atoms with van der Waals surface area (Å²) in [6.45, 7) is 1.84. The van der Waals surface area contributed by atoms with Crippen LogP contribution in [-0.2, 0) is 6.54 Å². The van der Waals surface area contributed by atoms with E-state index in [0.717, 1.165) is 5.56 Å². The Balaban J connectivity index is 2.10. The lowest BCUT2D eigenvalue weighted by Crippen LogP contribution is -2.43. The number of rotatable bonds is 4. The van der Waals surface area contributed by atoms with Crippen LogP contribution in [0.15, 0.2) is 65.5 Å². The number of hydrogen-bond acceptors (Lipinski definition) is 2. The van der Waals surface area contributed by atoms with Crippen LogP contribution in [0.4, 0.5) is 0 Å². The molecule has 1 N–H and O–H groups in total. The summed E-state index contributed by atoms with van der Waals surface area (Å²) < 4.78 is 2.98. The second-order valence-electron chi connectivity index (χ2n) is 5.05. The van der Waals surface area contributed by atoms with Gasteiger partial charge >= 0.3 is 5.56 Å². The molecular formula is C17H16N3O2+. The monoisotopic (exact) mass is 294 g/mol. The zero-order valence-electron chi connectivity index (χ0n) is 12.2. The Morgan fingerprint density at radius 1 is 1.05 bits per heavy atom. The molecule has 0 saturated heterocycles. The highest BCUT2D eigenvalue weighted by Crippen LogP contribution is 2.03. The molecule has 0 radical (unpaired) electrons. The minimum atomic E-state index is -0.338. The lowest BCUT2D eigenvalue weighted by molar-refractivity contribution is -0.748. The van der Waals surface area contributed by atoms with Crippen molar-refractivity contribution in [3.05, 3.63) is 82.3 Å². The van der Waals surface area contributed by atoms with Gasteiger partial charge in [-0.25, -0.2) is 4.79 Å². The SMILES string of the molecule is CC(=O)c1c(=O)n(-c2ccccc2)[nH][n+]1Cc1ccccc1. The van der Waals surface area contributed by atoms with Crippen molar-refractivity contribution < 1.29 is 9.48 Å². The Labute approximate surface area is 127 Å². The highest BCUT2D eigenvalue weighted by Gasteiger charge is 2.26. The number of ketones is 1. The third kappa shape index (κ3) is 2.61. The molecule has 0 unspecified atom stereocenters. The Hall–Kier alpha value is -2.95. The van der Waals surface area contributed by atoms with Crippen LogP contribution in [-0.4, -0.2) is 15.7 Å². The average molecular weight is 294 g/mol. The molecule has 0 aliphatic carbocycles. The molecule has 110 valence electrons. The first-order chi connectivity index (χ1) is 10.7. The lowest BCUT2D eigenvalue weighted by atomic mass is 10.2. The fourth-order valence-corrected chi connectivity index (χ4v) is 2.41. The van der Waals surface area contributed by atoms with Crippen LogP contribution in [0, 0.1) is 0 Å². The molecular weight excluding hydrogens is 278 g/mol. The molecule has 1 heterocycles. The summed E-state index contributed by atoms with van der Waals surface area (Å²) in [5, 5.41) is 3.00. The molecule has 0 aliphatic rings. The van der Waals surface area contributed by atoms with E-state index in [-0.39, 0.29) is 17.0 Å². The molecule has 2 aromatic carbocycles.